The lowest BCUT2D eigenvalue weighted by molar-refractivity contribution is -0.119. The Hall–Kier alpha value is -3.52. The molecule has 0 unspecified atom stereocenters. The molecule has 0 heterocycles. The van der Waals surface area contributed by atoms with Crippen molar-refractivity contribution in [2.45, 2.75) is 18.4 Å². The van der Waals surface area contributed by atoms with Gasteiger partial charge in [0.15, 0.2) is 0 Å². The largest absolute Gasteiger partial charge is 0.457 e. The van der Waals surface area contributed by atoms with Crippen LogP contribution in [-0.2, 0) is 21.4 Å². The summed E-state index contributed by atoms with van der Waals surface area (Å²) in [5.74, 6) is 0.690. The van der Waals surface area contributed by atoms with Crippen molar-refractivity contribution < 1.29 is 17.9 Å². The lowest BCUT2D eigenvalue weighted by Crippen LogP contribution is -2.40. The molecule has 4 rings (SSSR count). The molecule has 0 aliphatic heterocycles. The number of carbonyl (C=O) groups excluding carboxylic acids is 1. The molecule has 0 saturated carbocycles. The average molecular weight is 555 g/mol. The Morgan fingerprint density at radius 3 is 2.16 bits per heavy atom. The molecule has 4 aromatic rings. The Balaban J connectivity index is 1.58. The molecule has 0 bridgehead atoms. The Bertz CT molecular complexity index is 1480. The number of benzene rings is 4. The number of nitrogens with zero attached hydrogens (tertiary/aromatic N) is 1. The molecule has 4 aromatic carbocycles. The van der Waals surface area contributed by atoms with Crippen LogP contribution in [0.15, 0.2) is 102 Å². The summed E-state index contributed by atoms with van der Waals surface area (Å²) in [6.07, 6.45) is 0. The van der Waals surface area contributed by atoms with E-state index in [1.54, 1.807) is 54.6 Å². The first kappa shape index (κ1) is 26.5. The van der Waals surface area contributed by atoms with Crippen molar-refractivity contribution in [2.75, 3.05) is 10.8 Å². The molecular weight excluding hydrogens is 531 g/mol. The SMILES string of the molecule is Cc1ccc(S(=O)(=O)N(CC(=O)NCc2ccc(Cl)cc2Cl)c2ccc(Oc3ccccc3)cc2)cc1. The number of halogens is 2. The van der Waals surface area contributed by atoms with Crippen LogP contribution >= 0.6 is 23.2 Å². The minimum atomic E-state index is -4.05. The normalized spacial score (nSPS) is 11.1. The van der Waals surface area contributed by atoms with Gasteiger partial charge in [-0.25, -0.2) is 8.42 Å². The molecule has 6 nitrogen and oxygen atoms in total. The Morgan fingerprint density at radius 1 is 0.865 bits per heavy atom. The summed E-state index contributed by atoms with van der Waals surface area (Å²) in [5.41, 5.74) is 1.90. The summed E-state index contributed by atoms with van der Waals surface area (Å²) in [4.78, 5) is 13.0. The van der Waals surface area contributed by atoms with Crippen LogP contribution in [0, 0.1) is 6.92 Å². The van der Waals surface area contributed by atoms with Gasteiger partial charge < -0.3 is 10.1 Å². The average Bonchev–Trinajstić information content (AvgIpc) is 2.88. The monoisotopic (exact) mass is 554 g/mol. The van der Waals surface area contributed by atoms with Crippen LogP contribution in [0.4, 0.5) is 5.69 Å². The van der Waals surface area contributed by atoms with Gasteiger partial charge in [-0.3, -0.25) is 9.10 Å². The van der Waals surface area contributed by atoms with Crippen LogP contribution < -0.4 is 14.4 Å². The molecule has 0 saturated heterocycles. The van der Waals surface area contributed by atoms with Crippen LogP contribution in [0.25, 0.3) is 0 Å². The van der Waals surface area contributed by atoms with Crippen LogP contribution in [0.5, 0.6) is 11.5 Å². The quantitative estimate of drug-likeness (QED) is 0.252. The highest BCUT2D eigenvalue weighted by Gasteiger charge is 2.27. The van der Waals surface area contributed by atoms with Crippen molar-refractivity contribution in [2.24, 2.45) is 0 Å². The van der Waals surface area contributed by atoms with Crippen LogP contribution in [0.1, 0.15) is 11.1 Å². The van der Waals surface area contributed by atoms with Crippen molar-refractivity contribution in [3.8, 4) is 11.5 Å². The van der Waals surface area contributed by atoms with Gasteiger partial charge in [0.05, 0.1) is 10.6 Å². The van der Waals surface area contributed by atoms with Crippen molar-refractivity contribution in [1.82, 2.24) is 5.32 Å². The van der Waals surface area contributed by atoms with Gasteiger partial charge in [0.2, 0.25) is 5.91 Å². The molecule has 0 fully saturated rings. The minimum Gasteiger partial charge on any atom is -0.457 e. The lowest BCUT2D eigenvalue weighted by atomic mass is 10.2. The molecule has 0 aliphatic rings. The molecule has 190 valence electrons. The second-order valence-electron chi connectivity index (χ2n) is 8.25. The summed E-state index contributed by atoms with van der Waals surface area (Å²) in [6.45, 7) is 1.56. The molecule has 0 spiro atoms. The predicted molar refractivity (Wildman–Crippen MR) is 147 cm³/mol. The first-order valence-electron chi connectivity index (χ1n) is 11.4. The van der Waals surface area contributed by atoms with E-state index in [1.807, 2.05) is 37.3 Å². The number of nitrogens with one attached hydrogen (secondary N) is 1. The van der Waals surface area contributed by atoms with E-state index >= 15 is 0 Å². The van der Waals surface area contributed by atoms with E-state index in [2.05, 4.69) is 5.32 Å². The summed E-state index contributed by atoms with van der Waals surface area (Å²) >= 11 is 12.1. The second kappa shape index (κ2) is 11.7. The number of carbonyl (C=O) groups is 1. The summed E-state index contributed by atoms with van der Waals surface area (Å²) in [7, 11) is -4.05. The fourth-order valence-corrected chi connectivity index (χ4v) is 5.40. The Morgan fingerprint density at radius 2 is 1.51 bits per heavy atom. The third-order valence-corrected chi connectivity index (χ3v) is 7.87. The first-order chi connectivity index (χ1) is 17.7. The number of anilines is 1. The van der Waals surface area contributed by atoms with Gasteiger partial charge in [0.1, 0.15) is 18.0 Å². The smallest absolute Gasteiger partial charge is 0.264 e. The highest BCUT2D eigenvalue weighted by atomic mass is 35.5. The highest BCUT2D eigenvalue weighted by molar-refractivity contribution is 7.92. The standard InChI is InChI=1S/C28H24Cl2N2O4S/c1-20-7-15-26(16-8-20)37(34,35)32(19-28(33)31-18-21-9-10-22(29)17-27(21)30)23-11-13-25(14-12-23)36-24-5-3-2-4-6-24/h2-17H,18-19H2,1H3,(H,31,33). The maximum absolute atomic E-state index is 13.6. The van der Waals surface area contributed by atoms with Crippen molar-refractivity contribution >= 4 is 44.8 Å². The molecule has 1 N–H and O–H groups in total. The van der Waals surface area contributed by atoms with Crippen LogP contribution in [0.2, 0.25) is 10.0 Å². The predicted octanol–water partition coefficient (Wildman–Crippen LogP) is 6.61. The summed E-state index contributed by atoms with van der Waals surface area (Å²) < 4.78 is 34.1. The highest BCUT2D eigenvalue weighted by Crippen LogP contribution is 2.28. The van der Waals surface area contributed by atoms with Crippen molar-refractivity contribution in [3.63, 3.8) is 0 Å². The van der Waals surface area contributed by atoms with E-state index < -0.39 is 22.5 Å². The summed E-state index contributed by atoms with van der Waals surface area (Å²) in [6, 6.07) is 27.2. The number of hydrogen-bond acceptors (Lipinski definition) is 4. The molecule has 0 aliphatic carbocycles. The van der Waals surface area contributed by atoms with E-state index in [4.69, 9.17) is 27.9 Å². The summed E-state index contributed by atoms with van der Waals surface area (Å²) in [5, 5.41) is 3.63. The minimum absolute atomic E-state index is 0.0799. The van der Waals surface area contributed by atoms with Gasteiger partial charge in [-0.15, -0.1) is 0 Å². The third kappa shape index (κ3) is 6.83. The lowest BCUT2D eigenvalue weighted by Gasteiger charge is -2.24. The molecular formula is C28H24Cl2N2O4S. The molecule has 9 heteroatoms. The van der Waals surface area contributed by atoms with E-state index in [0.29, 0.717) is 32.8 Å². The zero-order valence-electron chi connectivity index (χ0n) is 19.9. The zero-order valence-corrected chi connectivity index (χ0v) is 22.2. The fourth-order valence-electron chi connectivity index (χ4n) is 3.50. The fraction of sp³-hybridized carbons (Fsp3) is 0.107. The van der Waals surface area contributed by atoms with E-state index in [9.17, 15) is 13.2 Å². The van der Waals surface area contributed by atoms with Crippen molar-refractivity contribution in [1.29, 1.82) is 0 Å². The number of amides is 1. The Labute approximate surface area is 226 Å². The number of ether oxygens (including phenoxy) is 1. The van der Waals surface area contributed by atoms with Crippen molar-refractivity contribution in [3.05, 3.63) is 118 Å². The molecule has 0 aromatic heterocycles. The van der Waals surface area contributed by atoms with Crippen LogP contribution in [-0.4, -0.2) is 20.9 Å². The van der Waals surface area contributed by atoms with Gasteiger partial charge in [-0.2, -0.15) is 0 Å². The maximum atomic E-state index is 13.6. The molecule has 0 radical (unpaired) electrons. The van der Waals surface area contributed by atoms with Gasteiger partial charge in [0.25, 0.3) is 10.0 Å². The van der Waals surface area contributed by atoms with Gasteiger partial charge in [-0.05, 0) is 73.2 Å². The Kier molecular flexibility index (Phi) is 8.38. The van der Waals surface area contributed by atoms with E-state index in [0.717, 1.165) is 9.87 Å². The number of hydrogen-bond donors (Lipinski definition) is 1. The first-order valence-corrected chi connectivity index (χ1v) is 13.5. The maximum Gasteiger partial charge on any atom is 0.264 e. The molecule has 0 atom stereocenters. The number of sulfonamides is 1. The molecule has 1 amide bonds. The zero-order chi connectivity index (χ0) is 26.4. The third-order valence-electron chi connectivity index (χ3n) is 5.49. The number of para-hydroxylation sites is 1. The van der Waals surface area contributed by atoms with E-state index in [-0.39, 0.29) is 11.4 Å². The second-order valence-corrected chi connectivity index (χ2v) is 11.0. The van der Waals surface area contributed by atoms with Gasteiger partial charge >= 0.3 is 0 Å². The van der Waals surface area contributed by atoms with Gasteiger partial charge in [-0.1, -0.05) is 65.2 Å². The number of aryl methyl sites for hydroxylation is 1. The van der Waals surface area contributed by atoms with E-state index in [1.165, 1.54) is 12.1 Å². The van der Waals surface area contributed by atoms with Crippen LogP contribution in [0.3, 0.4) is 0 Å². The molecule has 37 heavy (non-hydrogen) atoms. The number of rotatable bonds is 9. The topological polar surface area (TPSA) is 75.7 Å². The van der Waals surface area contributed by atoms with Gasteiger partial charge in [0, 0.05) is 16.6 Å².